The van der Waals surface area contributed by atoms with Crippen molar-refractivity contribution in [2.24, 2.45) is 5.41 Å². The van der Waals surface area contributed by atoms with E-state index in [1.54, 1.807) is 28.4 Å². The molecule has 0 bridgehead atoms. The summed E-state index contributed by atoms with van der Waals surface area (Å²) in [6.45, 7) is 0. The van der Waals surface area contributed by atoms with Gasteiger partial charge in [0.05, 0.1) is 39.6 Å². The summed E-state index contributed by atoms with van der Waals surface area (Å²) in [4.78, 5) is 0. The van der Waals surface area contributed by atoms with Crippen molar-refractivity contribution in [3.63, 3.8) is 0 Å². The molecule has 3 aromatic carbocycles. The molecule has 5 rings (SSSR count). The average molecular weight is 505 g/mol. The monoisotopic (exact) mass is 504 g/mol. The van der Waals surface area contributed by atoms with Crippen molar-refractivity contribution < 1.29 is 18.9 Å². The summed E-state index contributed by atoms with van der Waals surface area (Å²) in [7, 11) is 6.56. The molecule has 1 saturated carbocycles. The first-order valence-electron chi connectivity index (χ1n) is 13.0. The zero-order chi connectivity index (χ0) is 25.1. The van der Waals surface area contributed by atoms with Crippen molar-refractivity contribution in [3.05, 3.63) is 54.6 Å². The van der Waals surface area contributed by atoms with Crippen molar-refractivity contribution in [2.45, 2.75) is 38.5 Å². The Morgan fingerprint density at radius 3 is 1.33 bits per heavy atom. The van der Waals surface area contributed by atoms with Crippen LogP contribution >= 0.6 is 7.92 Å². The SMILES string of the molecule is COc1cccc(OC)c1-c1cccc(-c2c(OC)cccc2OC)c1P1CCC2(CCCC2)CC1. The van der Waals surface area contributed by atoms with E-state index in [-0.39, 0.29) is 7.92 Å². The molecule has 0 aromatic heterocycles. The lowest BCUT2D eigenvalue weighted by molar-refractivity contribution is 0.269. The topological polar surface area (TPSA) is 36.9 Å². The first kappa shape index (κ1) is 25.0. The molecule has 3 aromatic rings. The molecule has 4 nitrogen and oxygen atoms in total. The summed E-state index contributed by atoms with van der Waals surface area (Å²) in [5.74, 6) is 3.33. The molecule has 0 unspecified atom stereocenters. The van der Waals surface area contributed by atoms with Crippen LogP contribution in [0.15, 0.2) is 54.6 Å². The fourth-order valence-electron chi connectivity index (χ4n) is 6.35. The van der Waals surface area contributed by atoms with E-state index < -0.39 is 0 Å². The molecule has 5 heteroatoms. The van der Waals surface area contributed by atoms with Gasteiger partial charge in [0.25, 0.3) is 0 Å². The Kier molecular flexibility index (Phi) is 7.44. The van der Waals surface area contributed by atoms with Crippen LogP contribution in [0.5, 0.6) is 23.0 Å². The van der Waals surface area contributed by atoms with Gasteiger partial charge in [-0.1, -0.05) is 51.1 Å². The third-order valence-corrected chi connectivity index (χ3v) is 10.9. The van der Waals surface area contributed by atoms with Gasteiger partial charge >= 0.3 is 0 Å². The van der Waals surface area contributed by atoms with E-state index in [4.69, 9.17) is 18.9 Å². The average Bonchev–Trinajstić information content (AvgIpc) is 3.39. The molecule has 1 heterocycles. The number of ether oxygens (including phenoxy) is 4. The highest BCUT2D eigenvalue weighted by molar-refractivity contribution is 7.66. The maximum Gasteiger partial charge on any atom is 0.130 e. The standard InChI is InChI=1S/C31H37O4P/c1-32-24-12-8-13-25(33-2)28(24)22-10-7-11-23(29-26(34-3)14-9-15-27(29)35-4)30(22)36-20-18-31(19-21-36)16-5-6-17-31/h7-15H,5-6,16-21H2,1-4H3. The molecule has 0 amide bonds. The maximum absolute atomic E-state index is 5.87. The third-order valence-electron chi connectivity index (χ3n) is 8.23. The summed E-state index contributed by atoms with van der Waals surface area (Å²) in [5, 5.41) is 1.41. The first-order valence-corrected chi connectivity index (χ1v) is 14.7. The van der Waals surface area contributed by atoms with Crippen LogP contribution in [-0.4, -0.2) is 40.8 Å². The van der Waals surface area contributed by atoms with Gasteiger partial charge in [-0.15, -0.1) is 0 Å². The van der Waals surface area contributed by atoms with Crippen LogP contribution in [-0.2, 0) is 0 Å². The highest BCUT2D eigenvalue weighted by Gasteiger charge is 2.39. The molecule has 1 aliphatic heterocycles. The Labute approximate surface area is 216 Å². The van der Waals surface area contributed by atoms with Gasteiger partial charge in [0.15, 0.2) is 0 Å². The van der Waals surface area contributed by atoms with E-state index in [0.29, 0.717) is 5.41 Å². The lowest BCUT2D eigenvalue weighted by Crippen LogP contribution is -2.27. The summed E-state index contributed by atoms with van der Waals surface area (Å²) in [5.41, 5.74) is 5.03. The quantitative estimate of drug-likeness (QED) is 0.312. The van der Waals surface area contributed by atoms with E-state index in [0.717, 1.165) is 34.1 Å². The van der Waals surface area contributed by atoms with E-state index in [2.05, 4.69) is 18.2 Å². The van der Waals surface area contributed by atoms with Crippen LogP contribution in [0.4, 0.5) is 0 Å². The Balaban J connectivity index is 1.74. The summed E-state index contributed by atoms with van der Waals surface area (Å²) in [6, 6.07) is 18.7. The van der Waals surface area contributed by atoms with Crippen molar-refractivity contribution in [2.75, 3.05) is 40.8 Å². The second-order valence-electron chi connectivity index (χ2n) is 9.97. The summed E-state index contributed by atoms with van der Waals surface area (Å²) < 4.78 is 23.5. The molecule has 0 radical (unpaired) electrons. The molecular formula is C31H37O4P. The fraction of sp³-hybridized carbons (Fsp3) is 0.419. The van der Waals surface area contributed by atoms with Gasteiger partial charge in [-0.05, 0) is 84.1 Å². The number of rotatable bonds is 7. The predicted molar refractivity (Wildman–Crippen MR) is 150 cm³/mol. The minimum absolute atomic E-state index is 0.390. The van der Waals surface area contributed by atoms with Crippen LogP contribution in [0, 0.1) is 5.41 Å². The highest BCUT2D eigenvalue weighted by Crippen LogP contribution is 2.57. The zero-order valence-electron chi connectivity index (χ0n) is 21.9. The van der Waals surface area contributed by atoms with Crippen LogP contribution < -0.4 is 24.3 Å². The Bertz CT molecular complexity index is 1090. The molecule has 2 fully saturated rings. The van der Waals surface area contributed by atoms with Gasteiger partial charge in [-0.3, -0.25) is 0 Å². The number of benzene rings is 3. The second kappa shape index (κ2) is 10.7. The fourth-order valence-corrected chi connectivity index (χ4v) is 9.56. The Morgan fingerprint density at radius 1 is 0.556 bits per heavy atom. The van der Waals surface area contributed by atoms with E-state index in [1.165, 1.54) is 67.3 Å². The number of hydrogen-bond donors (Lipinski definition) is 0. The van der Waals surface area contributed by atoms with Gasteiger partial charge in [0.1, 0.15) is 23.0 Å². The molecular weight excluding hydrogens is 467 g/mol. The number of methoxy groups -OCH3 is 4. The van der Waals surface area contributed by atoms with Crippen LogP contribution in [0.3, 0.4) is 0 Å². The third kappa shape index (κ3) is 4.45. The van der Waals surface area contributed by atoms with Crippen molar-refractivity contribution >= 4 is 13.2 Å². The van der Waals surface area contributed by atoms with Gasteiger partial charge in [0, 0.05) is 0 Å². The molecule has 190 valence electrons. The maximum atomic E-state index is 5.87. The van der Waals surface area contributed by atoms with Crippen molar-refractivity contribution in [1.82, 2.24) is 0 Å². The molecule has 0 N–H and O–H groups in total. The van der Waals surface area contributed by atoms with Crippen molar-refractivity contribution in [3.8, 4) is 45.3 Å². The smallest absolute Gasteiger partial charge is 0.130 e. The Morgan fingerprint density at radius 2 is 0.944 bits per heavy atom. The van der Waals surface area contributed by atoms with Crippen LogP contribution in [0.2, 0.25) is 0 Å². The molecule has 2 aliphatic rings. The van der Waals surface area contributed by atoms with E-state index in [1.807, 2.05) is 36.4 Å². The molecule has 1 spiro atoms. The van der Waals surface area contributed by atoms with E-state index >= 15 is 0 Å². The van der Waals surface area contributed by atoms with Crippen LogP contribution in [0.1, 0.15) is 38.5 Å². The summed E-state index contributed by atoms with van der Waals surface area (Å²) >= 11 is 0. The zero-order valence-corrected chi connectivity index (χ0v) is 22.8. The van der Waals surface area contributed by atoms with E-state index in [9.17, 15) is 0 Å². The lowest BCUT2D eigenvalue weighted by atomic mass is 9.80. The largest absolute Gasteiger partial charge is 0.496 e. The first-order chi connectivity index (χ1) is 17.6. The lowest BCUT2D eigenvalue weighted by Gasteiger charge is -2.39. The summed E-state index contributed by atoms with van der Waals surface area (Å²) in [6.07, 6.45) is 10.8. The van der Waals surface area contributed by atoms with Gasteiger partial charge in [0.2, 0.25) is 0 Å². The molecule has 0 atom stereocenters. The van der Waals surface area contributed by atoms with Gasteiger partial charge < -0.3 is 18.9 Å². The minimum atomic E-state index is -0.390. The van der Waals surface area contributed by atoms with Crippen molar-refractivity contribution in [1.29, 1.82) is 0 Å². The van der Waals surface area contributed by atoms with Gasteiger partial charge in [-0.2, -0.15) is 0 Å². The normalized spacial score (nSPS) is 17.2. The molecule has 36 heavy (non-hydrogen) atoms. The Hall–Kier alpha value is -2.71. The molecule has 1 aliphatic carbocycles. The second-order valence-corrected chi connectivity index (χ2v) is 12.4. The predicted octanol–water partition coefficient (Wildman–Crippen LogP) is 7.52. The molecule has 1 saturated heterocycles. The minimum Gasteiger partial charge on any atom is -0.496 e. The van der Waals surface area contributed by atoms with Crippen LogP contribution in [0.25, 0.3) is 22.3 Å². The number of hydrogen-bond acceptors (Lipinski definition) is 4. The highest BCUT2D eigenvalue weighted by atomic mass is 31.1. The van der Waals surface area contributed by atoms with Gasteiger partial charge in [-0.25, -0.2) is 0 Å².